The van der Waals surface area contributed by atoms with Crippen LogP contribution in [0.4, 0.5) is 0 Å². The molecule has 0 heterocycles. The van der Waals surface area contributed by atoms with E-state index < -0.39 is 0 Å². The van der Waals surface area contributed by atoms with E-state index in [9.17, 15) is 0 Å². The Hall–Kier alpha value is 0.974. The predicted molar refractivity (Wildman–Crippen MR) is 110 cm³/mol. The fourth-order valence-electron chi connectivity index (χ4n) is 2.86. The van der Waals surface area contributed by atoms with E-state index in [0.717, 1.165) is 12.8 Å². The molecule has 0 aromatic rings. The van der Waals surface area contributed by atoms with Gasteiger partial charge >= 0.3 is 0 Å². The van der Waals surface area contributed by atoms with Gasteiger partial charge < -0.3 is 0 Å². The molecule has 0 saturated carbocycles. The maximum atomic E-state index is 2.33. The molecule has 0 aliphatic rings. The van der Waals surface area contributed by atoms with Crippen LogP contribution in [-0.4, -0.2) is 107 Å². The summed E-state index contributed by atoms with van der Waals surface area (Å²) < 4.78 is 0. The summed E-state index contributed by atoms with van der Waals surface area (Å²) >= 11 is 0. The highest BCUT2D eigenvalue weighted by Crippen LogP contribution is 1.80. The molecule has 0 nitrogen and oxygen atoms in total. The van der Waals surface area contributed by atoms with E-state index in [2.05, 4.69) is 30.9 Å². The Morgan fingerprint density at radius 3 is 1.00 bits per heavy atom. The minimum atomic E-state index is 1.02. The smallest absolute Gasteiger partial charge is 0.0157 e. The van der Waals surface area contributed by atoms with E-state index in [1.165, 1.54) is 63.5 Å². The number of hydrogen-bond acceptors (Lipinski definition) is 0. The summed E-state index contributed by atoms with van der Waals surface area (Å²) in [4.78, 5) is 0. The zero-order chi connectivity index (χ0) is 11.5. The van der Waals surface area contributed by atoms with Crippen molar-refractivity contribution in [2.45, 2.75) is 0 Å². The van der Waals surface area contributed by atoms with Gasteiger partial charge in [-0.2, -0.15) is 0 Å². The van der Waals surface area contributed by atoms with E-state index in [-0.39, 0.29) is 0 Å². The molecule has 0 aliphatic carbocycles. The van der Waals surface area contributed by atoms with Crippen LogP contribution in [-0.2, 0) is 0 Å². The Balaban J connectivity index is 3.93. The molecule has 0 aromatic carbocycles. The molecule has 0 N–H and O–H groups in total. The molecule has 0 atom stereocenters. The van der Waals surface area contributed by atoms with E-state index in [1.807, 2.05) is 0 Å². The quantitative estimate of drug-likeness (QED) is 0.292. The van der Waals surface area contributed by atoms with E-state index in [1.54, 1.807) is 0 Å². The van der Waals surface area contributed by atoms with Crippen LogP contribution in [0, 0.1) is 0 Å². The minimum Gasteiger partial charge on any atom is 0.0157 e. The lowest BCUT2D eigenvalue weighted by Gasteiger charge is -2.15. The standard InChI is InChI=1S/B15H17/c1-5-9-14(10-6-2)13-15(11-7-3)12-8-4/h5-13H,1-4H2. The fourth-order valence-corrected chi connectivity index (χ4v) is 2.86. The summed E-state index contributed by atoms with van der Waals surface area (Å²) in [6, 6.07) is 0. The predicted octanol–water partition coefficient (Wildman–Crippen LogP) is -10.3. The molecule has 0 aromatic heterocycles. The van der Waals surface area contributed by atoms with Crippen LogP contribution < -0.4 is 0 Å². The first-order valence-corrected chi connectivity index (χ1v) is 7.28. The number of hydrogen-bond donors (Lipinski definition) is 0. The highest BCUT2D eigenvalue weighted by Gasteiger charge is 2.21. The molecule has 0 fully saturated rings. The first kappa shape index (κ1) is 16.0. The largest absolute Gasteiger partial charge is 0.0597 e. The second-order valence-electron chi connectivity index (χ2n) is 5.12. The van der Waals surface area contributed by atoms with Gasteiger partial charge in [0.1, 0.15) is 0 Å². The van der Waals surface area contributed by atoms with Gasteiger partial charge in [-0.05, 0) is 0 Å². The maximum Gasteiger partial charge on any atom is 0.0597 e. The van der Waals surface area contributed by atoms with Gasteiger partial charge in [0.25, 0.3) is 0 Å². The van der Waals surface area contributed by atoms with E-state index in [0.29, 0.717) is 0 Å². The monoisotopic (exact) mass is 182 g/mol. The lowest BCUT2D eigenvalue weighted by atomic mass is 8.64. The van der Waals surface area contributed by atoms with Gasteiger partial charge in [0.15, 0.2) is 0 Å². The average molecular weight is 179 g/mol. The van der Waals surface area contributed by atoms with E-state index in [4.69, 9.17) is 0 Å². The van der Waals surface area contributed by atoms with E-state index >= 15 is 0 Å². The van der Waals surface area contributed by atoms with Crippen molar-refractivity contribution >= 4 is 107 Å². The summed E-state index contributed by atoms with van der Waals surface area (Å²) in [6.45, 7) is 0. The molecule has 15 heteroatoms. The molecule has 0 unspecified atom stereocenters. The van der Waals surface area contributed by atoms with Crippen molar-refractivity contribution in [3.63, 3.8) is 0 Å². The van der Waals surface area contributed by atoms with Gasteiger partial charge in [-0.3, -0.25) is 0 Å². The topological polar surface area (TPSA) is 0 Å². The molecule has 0 radical (unpaired) electrons. The summed E-state index contributed by atoms with van der Waals surface area (Å²) in [5, 5.41) is 0. The summed E-state index contributed by atoms with van der Waals surface area (Å²) in [6.07, 6.45) is 2.03. The van der Waals surface area contributed by atoms with Crippen molar-refractivity contribution < 1.29 is 0 Å². The van der Waals surface area contributed by atoms with Crippen molar-refractivity contribution in [2.75, 3.05) is 0 Å². The Kier molecular flexibility index (Phi) is 12.2. The SMILES string of the molecule is BBBB(BBB)BB(BBB)BBB. The summed E-state index contributed by atoms with van der Waals surface area (Å²) in [5.74, 6) is 0. The van der Waals surface area contributed by atoms with Crippen LogP contribution in [0.3, 0.4) is 0 Å². The Morgan fingerprint density at radius 2 is 0.800 bits per heavy atom. The van der Waals surface area contributed by atoms with Crippen LogP contribution in [0.15, 0.2) is 0 Å². The lowest BCUT2D eigenvalue weighted by Crippen LogP contribution is -2.55. The normalized spacial score (nSPS) is 7.73. The van der Waals surface area contributed by atoms with Gasteiger partial charge in [-0.15, -0.1) is 0 Å². The van der Waals surface area contributed by atoms with Gasteiger partial charge in [0, 0.05) is 76.3 Å². The van der Waals surface area contributed by atoms with Crippen LogP contribution in [0.5, 0.6) is 0 Å². The van der Waals surface area contributed by atoms with Crippen molar-refractivity contribution in [3.05, 3.63) is 0 Å². The molecule has 0 amide bonds. The first-order valence-electron chi connectivity index (χ1n) is 7.28. The second-order valence-corrected chi connectivity index (χ2v) is 5.12. The molecule has 0 rings (SSSR count). The third-order valence-corrected chi connectivity index (χ3v) is 3.45. The Labute approximate surface area is 107 Å². The zero-order valence-corrected chi connectivity index (χ0v) is 11.5. The third kappa shape index (κ3) is 8.75. The highest BCUT2D eigenvalue weighted by molar-refractivity contribution is 7.94. The lowest BCUT2D eigenvalue weighted by molar-refractivity contribution is 3.58. The molecule has 0 bridgehead atoms. The molecular formula is H17B15. The minimum absolute atomic E-state index is 1.02. The van der Waals surface area contributed by atoms with Crippen LogP contribution >= 0.6 is 0 Å². The van der Waals surface area contributed by atoms with Crippen molar-refractivity contribution in [1.82, 2.24) is 0 Å². The van der Waals surface area contributed by atoms with Crippen molar-refractivity contribution in [1.29, 1.82) is 0 Å². The number of rotatable bonds is 10. The molecule has 0 spiro atoms. The fraction of sp³-hybridized carbons (Fsp3) is 0. The third-order valence-electron chi connectivity index (χ3n) is 3.45. The van der Waals surface area contributed by atoms with Crippen LogP contribution in [0.1, 0.15) is 0 Å². The first-order chi connectivity index (χ1) is 7.28. The Morgan fingerprint density at radius 1 is 0.533 bits per heavy atom. The zero-order valence-electron chi connectivity index (χ0n) is 11.5. The Bertz CT molecular complexity index is 91.2. The van der Waals surface area contributed by atoms with Crippen molar-refractivity contribution in [3.8, 4) is 0 Å². The van der Waals surface area contributed by atoms with Gasteiger partial charge in [0.05, 0.1) is 30.9 Å². The van der Waals surface area contributed by atoms with Gasteiger partial charge in [0.2, 0.25) is 0 Å². The van der Waals surface area contributed by atoms with Gasteiger partial charge in [-0.1, -0.05) is 0 Å². The summed E-state index contributed by atoms with van der Waals surface area (Å²) in [7, 11) is 22.1. The van der Waals surface area contributed by atoms with Crippen molar-refractivity contribution in [2.24, 2.45) is 0 Å². The molecule has 15 heavy (non-hydrogen) atoms. The molecular weight excluding hydrogens is 162 g/mol. The highest BCUT2D eigenvalue weighted by atomic mass is 13.0. The van der Waals surface area contributed by atoms with Gasteiger partial charge in [-0.25, -0.2) is 0 Å². The summed E-state index contributed by atoms with van der Waals surface area (Å²) in [5.41, 5.74) is 0. The molecule has 0 aliphatic heterocycles. The average Bonchev–Trinajstić information content (AvgIpc) is 2.19. The molecule has 62 valence electrons. The maximum absolute atomic E-state index is 2.33. The molecule has 0 saturated heterocycles. The van der Waals surface area contributed by atoms with Crippen LogP contribution in [0.25, 0.3) is 0 Å². The van der Waals surface area contributed by atoms with Crippen LogP contribution in [0.2, 0.25) is 0 Å². The second kappa shape index (κ2) is 11.5.